The van der Waals surface area contributed by atoms with E-state index in [1.165, 1.54) is 16.5 Å². The molecule has 0 saturated heterocycles. The summed E-state index contributed by atoms with van der Waals surface area (Å²) in [7, 11) is 1.87. The van der Waals surface area contributed by atoms with Crippen molar-refractivity contribution < 1.29 is 18.0 Å². The zero-order valence-electron chi connectivity index (χ0n) is 18.3. The van der Waals surface area contributed by atoms with Gasteiger partial charge in [0.05, 0.1) is 12.1 Å². The van der Waals surface area contributed by atoms with Crippen LogP contribution in [0.3, 0.4) is 0 Å². The maximum absolute atomic E-state index is 13.6. The smallest absolute Gasteiger partial charge is 0.317 e. The van der Waals surface area contributed by atoms with Crippen molar-refractivity contribution in [2.45, 2.75) is 32.5 Å². The van der Waals surface area contributed by atoms with Crippen LogP contribution in [-0.2, 0) is 19.8 Å². The molecule has 3 aromatic rings. The average molecular weight is 451 g/mol. The Bertz CT molecular complexity index is 1300. The number of hydrogen-bond donors (Lipinski definition) is 0. The Morgan fingerprint density at radius 2 is 1.94 bits per heavy atom. The van der Waals surface area contributed by atoms with E-state index in [-0.39, 0.29) is 23.2 Å². The number of amides is 1. The molecule has 2 heterocycles. The van der Waals surface area contributed by atoms with Crippen molar-refractivity contribution in [1.29, 1.82) is 0 Å². The number of nitrogens with zero attached hydrogens (tertiary/aromatic N) is 4. The second-order valence-electron chi connectivity index (χ2n) is 8.87. The zero-order valence-corrected chi connectivity index (χ0v) is 18.3. The van der Waals surface area contributed by atoms with Gasteiger partial charge in [-0.1, -0.05) is 24.6 Å². The molecule has 169 valence electrons. The van der Waals surface area contributed by atoms with E-state index in [0.29, 0.717) is 11.6 Å². The van der Waals surface area contributed by atoms with Crippen molar-refractivity contribution in [3.63, 3.8) is 0 Å². The molecule has 2 aromatic carbocycles. The number of fused-ring (bicyclic) bond motifs is 1. The van der Waals surface area contributed by atoms with E-state index in [0.717, 1.165) is 35.9 Å². The summed E-state index contributed by atoms with van der Waals surface area (Å²) < 4.78 is 42.7. The monoisotopic (exact) mass is 451 g/mol. The molecular weight excluding hydrogens is 429 g/mol. The third-order valence-electron chi connectivity index (χ3n) is 6.33. The molecule has 1 aliphatic heterocycles. The summed E-state index contributed by atoms with van der Waals surface area (Å²) in [5, 5.41) is 8.30. The first kappa shape index (κ1) is 21.4. The van der Waals surface area contributed by atoms with Gasteiger partial charge in [-0.2, -0.15) is 13.2 Å². The van der Waals surface area contributed by atoms with Gasteiger partial charge < -0.3 is 9.47 Å². The summed E-state index contributed by atoms with van der Waals surface area (Å²) in [5.41, 5.74) is 3.04. The van der Waals surface area contributed by atoms with Gasteiger partial charge in [0, 0.05) is 23.9 Å². The Hall–Kier alpha value is -3.42. The Balaban J connectivity index is 1.57. The quantitative estimate of drug-likeness (QED) is 0.535. The number of alkyl halides is 3. The Morgan fingerprint density at radius 3 is 2.58 bits per heavy atom. The highest BCUT2D eigenvalue weighted by atomic mass is 19.4. The maximum atomic E-state index is 13.6. The number of allylic oxidation sites excluding steroid dienone is 1. The number of aromatic nitrogens is 3. The molecule has 0 spiro atoms. The largest absolute Gasteiger partial charge is 0.416 e. The Kier molecular flexibility index (Phi) is 4.92. The third kappa shape index (κ3) is 3.63. The highest BCUT2D eigenvalue weighted by Crippen LogP contribution is 2.42. The summed E-state index contributed by atoms with van der Waals surface area (Å²) in [6.07, 6.45) is -1.03. The summed E-state index contributed by atoms with van der Waals surface area (Å²) >= 11 is 0. The lowest BCUT2D eigenvalue weighted by atomic mass is 9.77. The topological polar surface area (TPSA) is 51.0 Å². The molecule has 5 rings (SSSR count). The number of anilines is 1. The van der Waals surface area contributed by atoms with Gasteiger partial charge in [-0.15, -0.1) is 10.2 Å². The SMILES string of the molecule is [CH2]c1cc2c(c(C(F)(F)F)c1)CN(c1cccc(C(=C3CC(C)C3)c3nncn3C)c1)C2=O. The fraction of sp³-hybridized carbons (Fsp3) is 0.280. The lowest BCUT2D eigenvalue weighted by Gasteiger charge is -2.29. The molecule has 1 saturated carbocycles. The van der Waals surface area contributed by atoms with Gasteiger partial charge in [-0.25, -0.2) is 0 Å². The van der Waals surface area contributed by atoms with Gasteiger partial charge in [0.2, 0.25) is 0 Å². The van der Waals surface area contributed by atoms with Crippen molar-refractivity contribution in [3.8, 4) is 0 Å². The minimum atomic E-state index is -4.56. The van der Waals surface area contributed by atoms with E-state index in [4.69, 9.17) is 0 Å². The molecule has 0 bridgehead atoms. The van der Waals surface area contributed by atoms with E-state index in [9.17, 15) is 18.0 Å². The lowest BCUT2D eigenvalue weighted by Crippen LogP contribution is -2.23. The maximum Gasteiger partial charge on any atom is 0.416 e. The van der Waals surface area contributed by atoms with Crippen molar-refractivity contribution in [1.82, 2.24) is 14.8 Å². The number of carbonyl (C=O) groups is 1. The van der Waals surface area contributed by atoms with Gasteiger partial charge in [-0.05, 0) is 66.6 Å². The lowest BCUT2D eigenvalue weighted by molar-refractivity contribution is -0.138. The van der Waals surface area contributed by atoms with Crippen molar-refractivity contribution in [3.05, 3.63) is 88.9 Å². The van der Waals surface area contributed by atoms with Crippen LogP contribution >= 0.6 is 0 Å². The molecule has 2 aliphatic rings. The number of aryl methyl sites for hydroxylation is 1. The van der Waals surface area contributed by atoms with Crippen LogP contribution in [0.1, 0.15) is 58.2 Å². The fourth-order valence-electron chi connectivity index (χ4n) is 4.75. The second-order valence-corrected chi connectivity index (χ2v) is 8.87. The van der Waals surface area contributed by atoms with Crippen molar-refractivity contribution in [2.24, 2.45) is 13.0 Å². The molecule has 1 fully saturated rings. The zero-order chi connectivity index (χ0) is 23.5. The Morgan fingerprint density at radius 1 is 1.18 bits per heavy atom. The molecule has 1 radical (unpaired) electrons. The van der Waals surface area contributed by atoms with E-state index in [2.05, 4.69) is 24.0 Å². The summed E-state index contributed by atoms with van der Waals surface area (Å²) in [6.45, 7) is 5.67. The van der Waals surface area contributed by atoms with Gasteiger partial charge in [0.25, 0.3) is 5.91 Å². The van der Waals surface area contributed by atoms with Crippen LogP contribution in [0.4, 0.5) is 18.9 Å². The average Bonchev–Trinajstić information content (AvgIpc) is 3.30. The standard InChI is InChI=1S/C25H22F3N4O/c1-14-7-17(8-14)22(23-30-29-13-31(23)3)16-5-4-6-18(11-16)32-12-20-19(24(32)33)9-15(2)10-21(20)25(26,27)28/h4-6,9-11,13-14H,2,7-8,12H2,1,3H3. The van der Waals surface area contributed by atoms with Crippen LogP contribution in [0.5, 0.6) is 0 Å². The minimum absolute atomic E-state index is 0.00926. The predicted molar refractivity (Wildman–Crippen MR) is 118 cm³/mol. The molecule has 33 heavy (non-hydrogen) atoms. The normalized spacial score (nSPS) is 17.9. The molecule has 1 aliphatic carbocycles. The van der Waals surface area contributed by atoms with Gasteiger partial charge in [0.1, 0.15) is 6.33 Å². The number of rotatable bonds is 3. The van der Waals surface area contributed by atoms with E-state index >= 15 is 0 Å². The third-order valence-corrected chi connectivity index (χ3v) is 6.33. The van der Waals surface area contributed by atoms with Gasteiger partial charge in [-0.3, -0.25) is 4.79 Å². The summed E-state index contributed by atoms with van der Waals surface area (Å²) in [6, 6.07) is 9.78. The van der Waals surface area contributed by atoms with E-state index in [1.807, 2.05) is 29.8 Å². The highest BCUT2D eigenvalue weighted by Gasteiger charge is 2.40. The van der Waals surface area contributed by atoms with Gasteiger partial charge in [0.15, 0.2) is 5.82 Å². The summed E-state index contributed by atoms with van der Waals surface area (Å²) in [4.78, 5) is 14.5. The van der Waals surface area contributed by atoms with Crippen molar-refractivity contribution >= 4 is 17.2 Å². The molecule has 0 unspecified atom stereocenters. The number of hydrogen-bond acceptors (Lipinski definition) is 3. The van der Waals surface area contributed by atoms with Crippen LogP contribution in [0.2, 0.25) is 0 Å². The van der Waals surface area contributed by atoms with Crippen LogP contribution in [0.25, 0.3) is 5.57 Å². The fourth-order valence-corrected chi connectivity index (χ4v) is 4.75. The van der Waals surface area contributed by atoms with Crippen molar-refractivity contribution in [2.75, 3.05) is 4.90 Å². The van der Waals surface area contributed by atoms with E-state index < -0.39 is 17.6 Å². The molecule has 0 N–H and O–H groups in total. The highest BCUT2D eigenvalue weighted by molar-refractivity contribution is 6.10. The van der Waals surface area contributed by atoms with Crippen LogP contribution in [-0.4, -0.2) is 20.7 Å². The van der Waals surface area contributed by atoms with E-state index in [1.54, 1.807) is 12.4 Å². The first-order valence-electron chi connectivity index (χ1n) is 10.7. The molecule has 8 heteroatoms. The van der Waals surface area contributed by atoms with Crippen LogP contribution in [0, 0.1) is 12.8 Å². The molecule has 5 nitrogen and oxygen atoms in total. The summed E-state index contributed by atoms with van der Waals surface area (Å²) in [5.74, 6) is 0.855. The second kappa shape index (κ2) is 7.57. The predicted octanol–water partition coefficient (Wildman–Crippen LogP) is 5.41. The van der Waals surface area contributed by atoms with Crippen LogP contribution in [0.15, 0.2) is 48.3 Å². The number of carbonyl (C=O) groups excluding carboxylic acids is 1. The van der Waals surface area contributed by atoms with Gasteiger partial charge >= 0.3 is 6.18 Å². The minimum Gasteiger partial charge on any atom is -0.317 e. The number of benzene rings is 2. The molecule has 1 amide bonds. The first-order valence-corrected chi connectivity index (χ1v) is 10.7. The molecule has 0 atom stereocenters. The molecular formula is C25H22F3N4O. The van der Waals surface area contributed by atoms with Crippen LogP contribution < -0.4 is 4.90 Å². The number of halogens is 3. The molecule has 1 aromatic heterocycles. The Labute approximate surface area is 189 Å². The first-order chi connectivity index (χ1) is 15.6.